The van der Waals surface area contributed by atoms with E-state index in [1.54, 1.807) is 0 Å². The average molecular weight is 153 g/mol. The topological polar surface area (TPSA) is 67.9 Å². The zero-order valence-electron chi connectivity index (χ0n) is 5.78. The van der Waals surface area contributed by atoms with E-state index in [2.05, 4.69) is 26.5 Å². The monoisotopic (exact) mass is 153 g/mol. The molecular formula is C6H7N3O2. The number of esters is 1. The molecule has 0 bridgehead atoms. The van der Waals surface area contributed by atoms with Crippen molar-refractivity contribution >= 4 is 5.97 Å². The van der Waals surface area contributed by atoms with Crippen LogP contribution in [0, 0.1) is 0 Å². The summed E-state index contributed by atoms with van der Waals surface area (Å²) in [6, 6.07) is 0. The second-order valence-corrected chi connectivity index (χ2v) is 1.72. The van der Waals surface area contributed by atoms with Crippen molar-refractivity contribution in [2.45, 2.75) is 0 Å². The van der Waals surface area contributed by atoms with Gasteiger partial charge in [-0.1, -0.05) is 12.7 Å². The highest BCUT2D eigenvalue weighted by molar-refractivity contribution is 5.84. The highest BCUT2D eigenvalue weighted by atomic mass is 16.5. The van der Waals surface area contributed by atoms with E-state index < -0.39 is 5.97 Å². The number of ether oxygens (including phenoxy) is 1. The van der Waals surface area contributed by atoms with Gasteiger partial charge in [-0.25, -0.2) is 9.78 Å². The van der Waals surface area contributed by atoms with Crippen molar-refractivity contribution in [1.82, 2.24) is 15.2 Å². The van der Waals surface area contributed by atoms with Gasteiger partial charge in [-0.2, -0.15) is 5.10 Å². The first kappa shape index (κ1) is 7.46. The Morgan fingerprint density at radius 2 is 2.73 bits per heavy atom. The molecule has 5 nitrogen and oxygen atoms in total. The highest BCUT2D eigenvalue weighted by Gasteiger charge is 2.07. The van der Waals surface area contributed by atoms with Crippen molar-refractivity contribution in [3.63, 3.8) is 0 Å². The van der Waals surface area contributed by atoms with Crippen LogP contribution in [-0.2, 0) is 4.74 Å². The van der Waals surface area contributed by atoms with E-state index in [9.17, 15) is 4.79 Å². The predicted octanol–water partition coefficient (Wildman–Crippen LogP) is 0.148. The van der Waals surface area contributed by atoms with Gasteiger partial charge in [-0.05, 0) is 0 Å². The normalized spacial score (nSPS) is 9.09. The minimum absolute atomic E-state index is 0.104. The van der Waals surface area contributed by atoms with Gasteiger partial charge < -0.3 is 4.74 Å². The SMILES string of the molecule is C=CCOC(=O)c1ncn[nH]1. The largest absolute Gasteiger partial charge is 0.456 e. The molecule has 1 heterocycles. The molecule has 0 saturated carbocycles. The predicted molar refractivity (Wildman–Crippen MR) is 36.9 cm³/mol. The Kier molecular flexibility index (Phi) is 2.37. The lowest BCUT2D eigenvalue weighted by Gasteiger charge is -1.95. The van der Waals surface area contributed by atoms with Gasteiger partial charge in [-0.3, -0.25) is 5.10 Å². The van der Waals surface area contributed by atoms with E-state index in [0.29, 0.717) is 0 Å². The third-order valence-corrected chi connectivity index (χ3v) is 0.941. The molecule has 0 spiro atoms. The molecule has 0 saturated heterocycles. The number of hydrogen-bond donors (Lipinski definition) is 1. The summed E-state index contributed by atoms with van der Waals surface area (Å²) >= 11 is 0. The fraction of sp³-hybridized carbons (Fsp3) is 0.167. The molecule has 0 atom stereocenters. The summed E-state index contributed by atoms with van der Waals surface area (Å²) in [7, 11) is 0. The molecule has 0 unspecified atom stereocenters. The third-order valence-electron chi connectivity index (χ3n) is 0.941. The van der Waals surface area contributed by atoms with Crippen molar-refractivity contribution in [3.8, 4) is 0 Å². The molecule has 0 fully saturated rings. The van der Waals surface area contributed by atoms with Crippen LogP contribution in [0.4, 0.5) is 0 Å². The lowest BCUT2D eigenvalue weighted by Crippen LogP contribution is -2.06. The first-order valence-electron chi connectivity index (χ1n) is 2.98. The smallest absolute Gasteiger partial charge is 0.376 e. The van der Waals surface area contributed by atoms with Crippen LogP contribution in [0.15, 0.2) is 19.0 Å². The van der Waals surface area contributed by atoms with E-state index >= 15 is 0 Å². The molecule has 0 aliphatic rings. The van der Waals surface area contributed by atoms with E-state index in [-0.39, 0.29) is 12.4 Å². The molecule has 0 aliphatic carbocycles. The molecule has 1 aromatic rings. The molecule has 0 radical (unpaired) electrons. The maximum absolute atomic E-state index is 10.9. The number of carbonyl (C=O) groups excluding carboxylic acids is 1. The Morgan fingerprint density at radius 3 is 3.27 bits per heavy atom. The number of rotatable bonds is 3. The lowest BCUT2D eigenvalue weighted by atomic mass is 10.6. The van der Waals surface area contributed by atoms with Crippen molar-refractivity contribution in [2.24, 2.45) is 0 Å². The van der Waals surface area contributed by atoms with Gasteiger partial charge in [0.25, 0.3) is 0 Å². The van der Waals surface area contributed by atoms with E-state index in [0.717, 1.165) is 0 Å². The summed E-state index contributed by atoms with van der Waals surface area (Å²) in [5.41, 5.74) is 0. The lowest BCUT2D eigenvalue weighted by molar-refractivity contribution is 0.0536. The number of aromatic nitrogens is 3. The van der Waals surface area contributed by atoms with Crippen LogP contribution in [-0.4, -0.2) is 27.8 Å². The number of H-pyrrole nitrogens is 1. The Bertz CT molecular complexity index is 242. The van der Waals surface area contributed by atoms with Gasteiger partial charge >= 0.3 is 5.97 Å². The molecule has 0 aromatic carbocycles. The third kappa shape index (κ3) is 1.89. The van der Waals surface area contributed by atoms with Crippen LogP contribution in [0.5, 0.6) is 0 Å². The second kappa shape index (κ2) is 3.50. The number of aromatic amines is 1. The summed E-state index contributed by atoms with van der Waals surface area (Å²) < 4.78 is 4.64. The molecule has 0 amide bonds. The molecule has 11 heavy (non-hydrogen) atoms. The number of hydrogen-bond acceptors (Lipinski definition) is 4. The molecule has 0 aliphatic heterocycles. The summed E-state index contributed by atoms with van der Waals surface area (Å²) in [6.07, 6.45) is 2.72. The first-order valence-corrected chi connectivity index (χ1v) is 2.98. The van der Waals surface area contributed by atoms with Crippen LogP contribution >= 0.6 is 0 Å². The van der Waals surface area contributed by atoms with Crippen LogP contribution in [0.2, 0.25) is 0 Å². The Hall–Kier alpha value is -1.65. The summed E-state index contributed by atoms with van der Waals surface area (Å²) in [6.45, 7) is 3.57. The Balaban J connectivity index is 2.49. The molecule has 1 aromatic heterocycles. The van der Waals surface area contributed by atoms with Crippen molar-refractivity contribution in [1.29, 1.82) is 0 Å². The zero-order valence-corrected chi connectivity index (χ0v) is 5.78. The Labute approximate surface area is 63.1 Å². The van der Waals surface area contributed by atoms with E-state index in [1.807, 2.05) is 0 Å². The number of nitrogens with zero attached hydrogens (tertiary/aromatic N) is 2. The van der Waals surface area contributed by atoms with Gasteiger partial charge in [0.1, 0.15) is 12.9 Å². The molecule has 58 valence electrons. The highest BCUT2D eigenvalue weighted by Crippen LogP contribution is 1.89. The van der Waals surface area contributed by atoms with E-state index in [4.69, 9.17) is 0 Å². The second-order valence-electron chi connectivity index (χ2n) is 1.72. The van der Waals surface area contributed by atoms with E-state index in [1.165, 1.54) is 12.4 Å². The number of nitrogens with one attached hydrogen (secondary N) is 1. The molecule has 5 heteroatoms. The Morgan fingerprint density at radius 1 is 1.91 bits per heavy atom. The number of carbonyl (C=O) groups is 1. The average Bonchev–Trinajstić information content (AvgIpc) is 2.52. The van der Waals surface area contributed by atoms with Crippen LogP contribution in [0.1, 0.15) is 10.6 Å². The minimum atomic E-state index is -0.526. The minimum Gasteiger partial charge on any atom is -0.456 e. The van der Waals surface area contributed by atoms with Gasteiger partial charge in [0, 0.05) is 0 Å². The quantitative estimate of drug-likeness (QED) is 0.495. The molecular weight excluding hydrogens is 146 g/mol. The summed E-state index contributed by atoms with van der Waals surface area (Å²) in [4.78, 5) is 14.5. The molecule has 1 N–H and O–H groups in total. The standard InChI is InChI=1S/C6H7N3O2/c1-2-3-11-6(10)5-7-4-8-9-5/h2,4H,1,3H2,(H,7,8,9). The summed E-state index contributed by atoms with van der Waals surface area (Å²) in [5, 5.41) is 5.86. The van der Waals surface area contributed by atoms with Crippen LogP contribution in [0.25, 0.3) is 0 Å². The first-order chi connectivity index (χ1) is 5.34. The van der Waals surface area contributed by atoms with Gasteiger partial charge in [0.15, 0.2) is 0 Å². The van der Waals surface area contributed by atoms with Gasteiger partial charge in [-0.15, -0.1) is 0 Å². The maximum Gasteiger partial charge on any atom is 0.376 e. The van der Waals surface area contributed by atoms with Crippen molar-refractivity contribution in [2.75, 3.05) is 6.61 Å². The summed E-state index contributed by atoms with van der Waals surface area (Å²) in [5.74, 6) is -0.422. The fourth-order valence-corrected chi connectivity index (χ4v) is 0.507. The van der Waals surface area contributed by atoms with Gasteiger partial charge in [0.05, 0.1) is 0 Å². The van der Waals surface area contributed by atoms with Gasteiger partial charge in [0.2, 0.25) is 5.82 Å². The molecule has 1 rings (SSSR count). The van der Waals surface area contributed by atoms with Crippen molar-refractivity contribution < 1.29 is 9.53 Å². The fourth-order valence-electron chi connectivity index (χ4n) is 0.507. The van der Waals surface area contributed by atoms with Crippen LogP contribution in [0.3, 0.4) is 0 Å². The zero-order chi connectivity index (χ0) is 8.10. The van der Waals surface area contributed by atoms with Crippen LogP contribution < -0.4 is 0 Å². The van der Waals surface area contributed by atoms with Crippen molar-refractivity contribution in [3.05, 3.63) is 24.8 Å². The maximum atomic E-state index is 10.9.